The Labute approximate surface area is 168 Å². The van der Waals surface area contributed by atoms with Crippen molar-refractivity contribution in [3.63, 3.8) is 0 Å². The van der Waals surface area contributed by atoms with Gasteiger partial charge in [0.2, 0.25) is 17.6 Å². The SMILES string of the molecule is O=C(/C=C/c1ccccc1)N1CCCCC1c1nc(-c2cccc(Cl)c2)no1. The second-order valence-electron chi connectivity index (χ2n) is 6.75. The van der Waals surface area contributed by atoms with Crippen molar-refractivity contribution in [3.8, 4) is 11.4 Å². The molecule has 0 aliphatic carbocycles. The Hall–Kier alpha value is -2.92. The standard InChI is InChI=1S/C22H20ClN3O2/c23-18-10-6-9-17(15-18)21-24-22(28-25-21)19-11-4-5-14-26(19)20(27)13-12-16-7-2-1-3-8-16/h1-3,6-10,12-13,15,19H,4-5,11,14H2/b13-12+. The molecule has 0 radical (unpaired) electrons. The average Bonchev–Trinajstić information content (AvgIpc) is 3.23. The number of hydrogen-bond donors (Lipinski definition) is 0. The molecule has 6 heteroatoms. The van der Waals surface area contributed by atoms with E-state index in [-0.39, 0.29) is 11.9 Å². The van der Waals surface area contributed by atoms with Crippen molar-refractivity contribution < 1.29 is 9.32 Å². The van der Waals surface area contributed by atoms with Gasteiger partial charge >= 0.3 is 0 Å². The Morgan fingerprint density at radius 1 is 1.14 bits per heavy atom. The number of piperidine rings is 1. The third kappa shape index (κ3) is 4.15. The zero-order valence-corrected chi connectivity index (χ0v) is 16.0. The third-order valence-electron chi connectivity index (χ3n) is 4.81. The molecule has 2 heterocycles. The number of rotatable bonds is 4. The Morgan fingerprint density at radius 2 is 2.00 bits per heavy atom. The summed E-state index contributed by atoms with van der Waals surface area (Å²) in [6.45, 7) is 0.678. The van der Waals surface area contributed by atoms with E-state index in [9.17, 15) is 4.79 Å². The highest BCUT2D eigenvalue weighted by molar-refractivity contribution is 6.30. The highest BCUT2D eigenvalue weighted by atomic mass is 35.5. The lowest BCUT2D eigenvalue weighted by Gasteiger charge is -2.32. The molecule has 28 heavy (non-hydrogen) atoms. The molecule has 2 aromatic carbocycles. The molecule has 0 saturated carbocycles. The van der Waals surface area contributed by atoms with Gasteiger partial charge in [0.25, 0.3) is 0 Å². The van der Waals surface area contributed by atoms with E-state index in [2.05, 4.69) is 10.1 Å². The Kier molecular flexibility index (Phi) is 5.53. The number of hydrogen-bond acceptors (Lipinski definition) is 4. The van der Waals surface area contributed by atoms with Gasteiger partial charge in [-0.05, 0) is 43.0 Å². The van der Waals surface area contributed by atoms with Crippen LogP contribution in [0, 0.1) is 0 Å². The Morgan fingerprint density at radius 3 is 2.82 bits per heavy atom. The largest absolute Gasteiger partial charge is 0.337 e. The molecular formula is C22H20ClN3O2. The van der Waals surface area contributed by atoms with Crippen molar-refractivity contribution in [1.29, 1.82) is 0 Å². The summed E-state index contributed by atoms with van der Waals surface area (Å²) in [6.07, 6.45) is 6.24. The minimum atomic E-state index is -0.206. The molecule has 142 valence electrons. The molecule has 1 aliphatic heterocycles. The van der Waals surface area contributed by atoms with Crippen molar-refractivity contribution in [3.05, 3.63) is 77.2 Å². The van der Waals surface area contributed by atoms with Crippen LogP contribution in [0.4, 0.5) is 0 Å². The fourth-order valence-electron chi connectivity index (χ4n) is 3.39. The third-order valence-corrected chi connectivity index (χ3v) is 5.05. The van der Waals surface area contributed by atoms with Crippen LogP contribution < -0.4 is 0 Å². The highest BCUT2D eigenvalue weighted by Gasteiger charge is 2.31. The molecule has 1 aliphatic rings. The summed E-state index contributed by atoms with van der Waals surface area (Å²) < 4.78 is 5.52. The molecule has 5 nitrogen and oxygen atoms in total. The number of aromatic nitrogens is 2. The molecule has 0 spiro atoms. The topological polar surface area (TPSA) is 59.2 Å². The number of nitrogens with zero attached hydrogens (tertiary/aromatic N) is 3. The van der Waals surface area contributed by atoms with Crippen molar-refractivity contribution in [2.75, 3.05) is 6.54 Å². The molecule has 4 rings (SSSR count). The summed E-state index contributed by atoms with van der Waals surface area (Å²) in [5, 5.41) is 4.70. The lowest BCUT2D eigenvalue weighted by molar-refractivity contribution is -0.130. The molecule has 1 aromatic heterocycles. The van der Waals surface area contributed by atoms with Gasteiger partial charge in [-0.25, -0.2) is 0 Å². The molecule has 0 bridgehead atoms. The molecular weight excluding hydrogens is 374 g/mol. The fourth-order valence-corrected chi connectivity index (χ4v) is 3.59. The molecule has 1 saturated heterocycles. The molecule has 0 N–H and O–H groups in total. The molecule has 3 aromatic rings. The van der Waals surface area contributed by atoms with Gasteiger partial charge in [0.1, 0.15) is 6.04 Å². The van der Waals surface area contributed by atoms with Gasteiger partial charge < -0.3 is 9.42 Å². The predicted octanol–water partition coefficient (Wildman–Crippen LogP) is 5.16. The summed E-state index contributed by atoms with van der Waals surface area (Å²) >= 11 is 6.05. The maximum absolute atomic E-state index is 12.8. The van der Waals surface area contributed by atoms with E-state index in [0.717, 1.165) is 30.4 Å². The highest BCUT2D eigenvalue weighted by Crippen LogP contribution is 2.31. The van der Waals surface area contributed by atoms with Crippen LogP contribution in [-0.4, -0.2) is 27.5 Å². The van der Waals surface area contributed by atoms with E-state index in [1.54, 1.807) is 18.2 Å². The zero-order valence-electron chi connectivity index (χ0n) is 15.3. The van der Waals surface area contributed by atoms with Gasteiger partial charge in [-0.15, -0.1) is 0 Å². The van der Waals surface area contributed by atoms with Crippen LogP contribution in [-0.2, 0) is 4.79 Å². The second-order valence-corrected chi connectivity index (χ2v) is 7.19. The molecule has 1 unspecified atom stereocenters. The predicted molar refractivity (Wildman–Crippen MR) is 109 cm³/mol. The van der Waals surface area contributed by atoms with E-state index < -0.39 is 0 Å². The minimum absolute atomic E-state index is 0.0453. The van der Waals surface area contributed by atoms with Crippen LogP contribution >= 0.6 is 11.6 Å². The summed E-state index contributed by atoms with van der Waals surface area (Å²) in [5.74, 6) is 0.905. The van der Waals surface area contributed by atoms with Crippen LogP contribution in [0.25, 0.3) is 17.5 Å². The monoisotopic (exact) mass is 393 g/mol. The molecule has 1 amide bonds. The van der Waals surface area contributed by atoms with Crippen molar-refractivity contribution in [2.24, 2.45) is 0 Å². The van der Waals surface area contributed by atoms with Gasteiger partial charge in [-0.1, -0.05) is 59.2 Å². The van der Waals surface area contributed by atoms with E-state index in [4.69, 9.17) is 16.1 Å². The fraction of sp³-hybridized carbons (Fsp3) is 0.227. The van der Waals surface area contributed by atoms with Crippen molar-refractivity contribution >= 4 is 23.6 Å². The smallest absolute Gasteiger partial charge is 0.249 e. The Bertz CT molecular complexity index is 984. The Balaban J connectivity index is 1.54. The van der Waals surface area contributed by atoms with Gasteiger partial charge in [0.05, 0.1) is 0 Å². The van der Waals surface area contributed by atoms with Gasteiger partial charge in [-0.3, -0.25) is 4.79 Å². The van der Waals surface area contributed by atoms with Crippen molar-refractivity contribution in [2.45, 2.75) is 25.3 Å². The number of halogens is 1. The van der Waals surface area contributed by atoms with Crippen molar-refractivity contribution in [1.82, 2.24) is 15.0 Å². The minimum Gasteiger partial charge on any atom is -0.337 e. The maximum atomic E-state index is 12.8. The lowest BCUT2D eigenvalue weighted by Crippen LogP contribution is -2.37. The number of amides is 1. The summed E-state index contributed by atoms with van der Waals surface area (Å²) in [5.41, 5.74) is 1.78. The van der Waals surface area contributed by atoms with Crippen LogP contribution in [0.2, 0.25) is 5.02 Å². The van der Waals surface area contributed by atoms with E-state index >= 15 is 0 Å². The van der Waals surface area contributed by atoms with Crippen LogP contribution in [0.5, 0.6) is 0 Å². The number of carbonyl (C=O) groups excluding carboxylic acids is 1. The summed E-state index contributed by atoms with van der Waals surface area (Å²) in [6, 6.07) is 16.9. The first-order valence-electron chi connectivity index (χ1n) is 9.34. The average molecular weight is 394 g/mol. The normalized spacial score (nSPS) is 17.2. The first-order valence-corrected chi connectivity index (χ1v) is 9.72. The number of likely N-dealkylation sites (tertiary alicyclic amines) is 1. The van der Waals surface area contributed by atoms with Crippen LogP contribution in [0.1, 0.15) is 36.8 Å². The van der Waals surface area contributed by atoms with E-state index in [1.807, 2.05) is 53.4 Å². The lowest BCUT2D eigenvalue weighted by atomic mass is 10.0. The molecule has 1 atom stereocenters. The van der Waals surface area contributed by atoms with Gasteiger partial charge in [0, 0.05) is 23.2 Å². The number of benzene rings is 2. The van der Waals surface area contributed by atoms with E-state index in [0.29, 0.717) is 23.3 Å². The first kappa shape index (κ1) is 18.4. The van der Waals surface area contributed by atoms with Crippen LogP contribution in [0.3, 0.4) is 0 Å². The van der Waals surface area contributed by atoms with Gasteiger partial charge in [0.15, 0.2) is 0 Å². The maximum Gasteiger partial charge on any atom is 0.249 e. The first-order chi connectivity index (χ1) is 13.7. The summed E-state index contributed by atoms with van der Waals surface area (Å²) in [7, 11) is 0. The number of carbonyl (C=O) groups is 1. The summed E-state index contributed by atoms with van der Waals surface area (Å²) in [4.78, 5) is 19.2. The zero-order chi connectivity index (χ0) is 19.3. The quantitative estimate of drug-likeness (QED) is 0.574. The van der Waals surface area contributed by atoms with Gasteiger partial charge in [-0.2, -0.15) is 4.98 Å². The van der Waals surface area contributed by atoms with Crippen LogP contribution in [0.15, 0.2) is 65.2 Å². The van der Waals surface area contributed by atoms with E-state index in [1.165, 1.54) is 0 Å². The second kappa shape index (κ2) is 8.40. The molecule has 1 fully saturated rings.